The molecule has 1 aromatic rings. The van der Waals surface area contributed by atoms with Crippen LogP contribution in [-0.4, -0.2) is 33.9 Å². The summed E-state index contributed by atoms with van der Waals surface area (Å²) >= 11 is 0. The second-order valence-electron chi connectivity index (χ2n) is 4.53. The van der Waals surface area contributed by atoms with Crippen molar-refractivity contribution in [2.45, 2.75) is 32.9 Å². The number of amides is 1. The standard InChI is InChI=1S/C12H20N4O/c1-8(2)11(13)12(17)16(4)9(3)10-7-14-5-6-15-10/h5-9,11H,13H2,1-4H3/t9-,11-/m0/s1. The fraction of sp³-hybridized carbons (Fsp3) is 0.583. The van der Waals surface area contributed by atoms with E-state index in [9.17, 15) is 4.79 Å². The Labute approximate surface area is 102 Å². The van der Waals surface area contributed by atoms with Crippen LogP contribution in [-0.2, 0) is 4.79 Å². The highest BCUT2D eigenvalue weighted by Gasteiger charge is 2.25. The number of hydrogen-bond donors (Lipinski definition) is 1. The number of likely N-dealkylation sites (N-methyl/N-ethyl adjacent to an activating group) is 1. The molecule has 0 fully saturated rings. The van der Waals surface area contributed by atoms with Crippen molar-refractivity contribution in [2.24, 2.45) is 11.7 Å². The fourth-order valence-corrected chi connectivity index (χ4v) is 1.44. The second-order valence-corrected chi connectivity index (χ2v) is 4.53. The average Bonchev–Trinajstić information content (AvgIpc) is 2.36. The molecule has 1 heterocycles. The van der Waals surface area contributed by atoms with E-state index in [1.807, 2.05) is 20.8 Å². The van der Waals surface area contributed by atoms with E-state index in [1.54, 1.807) is 30.5 Å². The van der Waals surface area contributed by atoms with Gasteiger partial charge in [0.1, 0.15) is 0 Å². The lowest BCUT2D eigenvalue weighted by atomic mass is 10.0. The van der Waals surface area contributed by atoms with Crippen LogP contribution in [0.25, 0.3) is 0 Å². The first-order valence-corrected chi connectivity index (χ1v) is 5.73. The molecule has 0 saturated carbocycles. The lowest BCUT2D eigenvalue weighted by Crippen LogP contribution is -2.45. The summed E-state index contributed by atoms with van der Waals surface area (Å²) in [5.41, 5.74) is 6.61. The van der Waals surface area contributed by atoms with Crippen LogP contribution < -0.4 is 5.73 Å². The molecule has 5 heteroatoms. The third-order valence-corrected chi connectivity index (χ3v) is 2.94. The van der Waals surface area contributed by atoms with Crippen LogP contribution in [0.3, 0.4) is 0 Å². The van der Waals surface area contributed by atoms with E-state index >= 15 is 0 Å². The average molecular weight is 236 g/mol. The molecule has 94 valence electrons. The topological polar surface area (TPSA) is 72.1 Å². The van der Waals surface area contributed by atoms with Crippen LogP contribution in [0.1, 0.15) is 32.5 Å². The normalized spacial score (nSPS) is 14.5. The maximum Gasteiger partial charge on any atom is 0.240 e. The van der Waals surface area contributed by atoms with Gasteiger partial charge >= 0.3 is 0 Å². The summed E-state index contributed by atoms with van der Waals surface area (Å²) in [5, 5.41) is 0. The van der Waals surface area contributed by atoms with Gasteiger partial charge in [0.15, 0.2) is 0 Å². The van der Waals surface area contributed by atoms with Gasteiger partial charge in [0, 0.05) is 19.4 Å². The van der Waals surface area contributed by atoms with Crippen LogP contribution in [0.4, 0.5) is 0 Å². The van der Waals surface area contributed by atoms with Crippen molar-refractivity contribution >= 4 is 5.91 Å². The largest absolute Gasteiger partial charge is 0.336 e. The Balaban J connectivity index is 2.77. The summed E-state index contributed by atoms with van der Waals surface area (Å²) in [7, 11) is 1.74. The number of carbonyl (C=O) groups is 1. The maximum absolute atomic E-state index is 12.1. The molecule has 0 saturated heterocycles. The Hall–Kier alpha value is -1.49. The van der Waals surface area contributed by atoms with Gasteiger partial charge in [-0.15, -0.1) is 0 Å². The van der Waals surface area contributed by atoms with E-state index in [1.165, 1.54) is 0 Å². The molecule has 0 radical (unpaired) electrons. The van der Waals surface area contributed by atoms with E-state index in [2.05, 4.69) is 9.97 Å². The molecule has 0 aliphatic rings. The van der Waals surface area contributed by atoms with Crippen LogP contribution >= 0.6 is 0 Å². The van der Waals surface area contributed by atoms with Gasteiger partial charge in [-0.05, 0) is 12.8 Å². The summed E-state index contributed by atoms with van der Waals surface area (Å²) in [6.45, 7) is 5.78. The number of nitrogens with two attached hydrogens (primary N) is 1. The molecule has 0 aliphatic carbocycles. The smallest absolute Gasteiger partial charge is 0.240 e. The van der Waals surface area contributed by atoms with Crippen molar-refractivity contribution < 1.29 is 4.79 Å². The first-order chi connectivity index (χ1) is 7.95. The Morgan fingerprint density at radius 3 is 2.47 bits per heavy atom. The monoisotopic (exact) mass is 236 g/mol. The zero-order valence-corrected chi connectivity index (χ0v) is 10.8. The summed E-state index contributed by atoms with van der Waals surface area (Å²) in [6, 6.07) is -0.597. The van der Waals surface area contributed by atoms with Crippen molar-refractivity contribution in [3.63, 3.8) is 0 Å². The SMILES string of the molecule is CC(C)[C@H](N)C(=O)N(C)[C@@H](C)c1cnccn1. The highest BCUT2D eigenvalue weighted by molar-refractivity contribution is 5.82. The minimum absolute atomic E-state index is 0.0712. The second kappa shape index (κ2) is 5.72. The van der Waals surface area contributed by atoms with E-state index in [0.717, 1.165) is 5.69 Å². The van der Waals surface area contributed by atoms with Crippen molar-refractivity contribution in [1.82, 2.24) is 14.9 Å². The molecule has 0 aromatic carbocycles. The van der Waals surface area contributed by atoms with Gasteiger partial charge < -0.3 is 10.6 Å². The van der Waals surface area contributed by atoms with Crippen molar-refractivity contribution in [2.75, 3.05) is 7.05 Å². The highest BCUT2D eigenvalue weighted by atomic mass is 16.2. The molecule has 0 aliphatic heterocycles. The zero-order chi connectivity index (χ0) is 13.0. The van der Waals surface area contributed by atoms with Gasteiger partial charge in [0.05, 0.1) is 24.0 Å². The van der Waals surface area contributed by atoms with Gasteiger partial charge in [0.2, 0.25) is 5.91 Å². The maximum atomic E-state index is 12.1. The minimum Gasteiger partial charge on any atom is -0.336 e. The summed E-state index contributed by atoms with van der Waals surface area (Å²) in [5.74, 6) is 0.0529. The van der Waals surface area contributed by atoms with Gasteiger partial charge in [-0.2, -0.15) is 0 Å². The van der Waals surface area contributed by atoms with Crippen LogP contribution in [0.5, 0.6) is 0 Å². The van der Waals surface area contributed by atoms with Gasteiger partial charge in [-0.3, -0.25) is 14.8 Å². The number of nitrogens with zero attached hydrogens (tertiary/aromatic N) is 3. The number of rotatable bonds is 4. The van der Waals surface area contributed by atoms with Gasteiger partial charge in [-0.25, -0.2) is 0 Å². The molecular weight excluding hydrogens is 216 g/mol. The predicted molar refractivity (Wildman–Crippen MR) is 66.0 cm³/mol. The molecule has 17 heavy (non-hydrogen) atoms. The summed E-state index contributed by atoms with van der Waals surface area (Å²) < 4.78 is 0. The zero-order valence-electron chi connectivity index (χ0n) is 10.8. The molecule has 1 rings (SSSR count). The molecule has 5 nitrogen and oxygen atoms in total. The van der Waals surface area contributed by atoms with Crippen molar-refractivity contribution in [3.8, 4) is 0 Å². The molecule has 1 aromatic heterocycles. The molecular formula is C12H20N4O. The molecule has 2 atom stereocenters. The molecule has 0 unspecified atom stereocenters. The first kappa shape index (κ1) is 13.6. The number of hydrogen-bond acceptors (Lipinski definition) is 4. The van der Waals surface area contributed by atoms with Crippen molar-refractivity contribution in [1.29, 1.82) is 0 Å². The quantitative estimate of drug-likeness (QED) is 0.845. The van der Waals surface area contributed by atoms with Gasteiger partial charge in [0.25, 0.3) is 0 Å². The summed E-state index contributed by atoms with van der Waals surface area (Å²) in [4.78, 5) is 21.9. The van der Waals surface area contributed by atoms with Crippen LogP contribution in [0.2, 0.25) is 0 Å². The first-order valence-electron chi connectivity index (χ1n) is 5.73. The van der Waals surface area contributed by atoms with Crippen LogP contribution in [0, 0.1) is 5.92 Å². The van der Waals surface area contributed by atoms with E-state index in [-0.39, 0.29) is 17.9 Å². The Morgan fingerprint density at radius 1 is 1.35 bits per heavy atom. The lowest BCUT2D eigenvalue weighted by Gasteiger charge is -2.28. The van der Waals surface area contributed by atoms with Crippen molar-refractivity contribution in [3.05, 3.63) is 24.3 Å². The highest BCUT2D eigenvalue weighted by Crippen LogP contribution is 2.17. The van der Waals surface area contributed by atoms with E-state index < -0.39 is 6.04 Å². The van der Waals surface area contributed by atoms with Crippen LogP contribution in [0.15, 0.2) is 18.6 Å². The van der Waals surface area contributed by atoms with E-state index in [0.29, 0.717) is 0 Å². The predicted octanol–water partition coefficient (Wildman–Crippen LogP) is 0.979. The van der Waals surface area contributed by atoms with Gasteiger partial charge in [-0.1, -0.05) is 13.8 Å². The Bertz CT molecular complexity index is 366. The number of carbonyl (C=O) groups excluding carboxylic acids is 1. The third kappa shape index (κ3) is 3.23. The molecule has 1 amide bonds. The Kier molecular flexibility index (Phi) is 4.57. The molecule has 0 bridgehead atoms. The number of aromatic nitrogens is 2. The lowest BCUT2D eigenvalue weighted by molar-refractivity contribution is -0.134. The Morgan fingerprint density at radius 2 is 2.00 bits per heavy atom. The molecule has 0 spiro atoms. The van der Waals surface area contributed by atoms with E-state index in [4.69, 9.17) is 5.73 Å². The third-order valence-electron chi connectivity index (χ3n) is 2.94. The summed E-state index contributed by atoms with van der Waals surface area (Å²) in [6.07, 6.45) is 4.89. The minimum atomic E-state index is -0.473. The fourth-order valence-electron chi connectivity index (χ4n) is 1.44. The molecule has 2 N–H and O–H groups in total.